The Morgan fingerprint density at radius 3 is 3.18 bits per heavy atom. The number of morpholine rings is 1. The molecule has 0 spiro atoms. The summed E-state index contributed by atoms with van der Waals surface area (Å²) in [7, 11) is 1.65. The van der Waals surface area contributed by atoms with Gasteiger partial charge in [0.15, 0.2) is 0 Å². The first-order valence-electron chi connectivity index (χ1n) is 5.86. The molecule has 0 amide bonds. The molecule has 2 aliphatic rings. The molecule has 0 aromatic heterocycles. The molecular weight excluding hydrogens is 218 g/mol. The lowest BCUT2D eigenvalue weighted by atomic mass is 10.0. The maximum Gasteiger partial charge on any atom is 0.134 e. The quantitative estimate of drug-likeness (QED) is 0.742. The Morgan fingerprint density at radius 2 is 2.53 bits per heavy atom. The first-order chi connectivity index (χ1) is 8.28. The van der Waals surface area contributed by atoms with Crippen LogP contribution in [-0.2, 0) is 9.47 Å². The molecule has 2 atom stereocenters. The van der Waals surface area contributed by atoms with Gasteiger partial charge in [0.1, 0.15) is 17.6 Å². The summed E-state index contributed by atoms with van der Waals surface area (Å²) in [6.45, 7) is 5.34. The van der Waals surface area contributed by atoms with Crippen LogP contribution < -0.4 is 0 Å². The van der Waals surface area contributed by atoms with Crippen molar-refractivity contribution in [3.63, 3.8) is 0 Å². The third kappa shape index (κ3) is 2.53. The van der Waals surface area contributed by atoms with E-state index >= 15 is 0 Å². The van der Waals surface area contributed by atoms with Crippen LogP contribution in [0.3, 0.4) is 0 Å². The van der Waals surface area contributed by atoms with Crippen molar-refractivity contribution in [1.82, 2.24) is 4.90 Å². The third-order valence-corrected chi connectivity index (χ3v) is 3.14. The number of methoxy groups -OCH3 is 1. The van der Waals surface area contributed by atoms with E-state index in [1.165, 1.54) is 0 Å². The predicted octanol–water partition coefficient (Wildman–Crippen LogP) is 1.05. The molecule has 1 saturated heterocycles. The molecule has 0 radical (unpaired) electrons. The highest BCUT2D eigenvalue weighted by atomic mass is 16.5. The van der Waals surface area contributed by atoms with Gasteiger partial charge in [-0.3, -0.25) is 4.90 Å². The van der Waals surface area contributed by atoms with Gasteiger partial charge in [0.05, 0.1) is 19.8 Å². The molecule has 0 saturated carbocycles. The fourth-order valence-corrected chi connectivity index (χ4v) is 2.30. The van der Waals surface area contributed by atoms with E-state index in [-0.39, 0.29) is 18.8 Å². The van der Waals surface area contributed by atoms with Crippen molar-refractivity contribution in [3.8, 4) is 0 Å². The summed E-state index contributed by atoms with van der Waals surface area (Å²) < 4.78 is 11.0. The summed E-state index contributed by atoms with van der Waals surface area (Å²) in [6.07, 6.45) is 6.57. The van der Waals surface area contributed by atoms with E-state index in [4.69, 9.17) is 9.47 Å². The zero-order chi connectivity index (χ0) is 12.3. The largest absolute Gasteiger partial charge is 0.497 e. The molecule has 0 aromatic rings. The average molecular weight is 237 g/mol. The molecule has 1 aliphatic carbocycles. The van der Waals surface area contributed by atoms with Crippen LogP contribution >= 0.6 is 0 Å². The van der Waals surface area contributed by atoms with Crippen molar-refractivity contribution < 1.29 is 14.6 Å². The lowest BCUT2D eigenvalue weighted by Crippen LogP contribution is -2.49. The van der Waals surface area contributed by atoms with Gasteiger partial charge < -0.3 is 14.6 Å². The molecule has 94 valence electrons. The highest BCUT2D eigenvalue weighted by Gasteiger charge is 2.33. The Morgan fingerprint density at radius 1 is 1.71 bits per heavy atom. The molecule has 1 N–H and O–H groups in total. The van der Waals surface area contributed by atoms with Crippen LogP contribution in [0.2, 0.25) is 0 Å². The summed E-state index contributed by atoms with van der Waals surface area (Å²) in [4.78, 5) is 2.27. The molecule has 0 aromatic carbocycles. The topological polar surface area (TPSA) is 41.9 Å². The fourth-order valence-electron chi connectivity index (χ4n) is 2.30. The highest BCUT2D eigenvalue weighted by molar-refractivity contribution is 5.26. The molecule has 2 unspecified atom stereocenters. The van der Waals surface area contributed by atoms with Crippen LogP contribution in [-0.4, -0.2) is 49.0 Å². The minimum atomic E-state index is -0.159. The van der Waals surface area contributed by atoms with E-state index in [9.17, 15) is 5.11 Å². The van der Waals surface area contributed by atoms with Crippen LogP contribution in [0.1, 0.15) is 6.42 Å². The number of fused-ring (bicyclic) bond motifs is 1. The van der Waals surface area contributed by atoms with Crippen LogP contribution in [0.15, 0.2) is 36.3 Å². The number of allylic oxidation sites excluding steroid dienone is 1. The first kappa shape index (κ1) is 12.2. The normalized spacial score (nSPS) is 28.6. The van der Waals surface area contributed by atoms with Gasteiger partial charge in [0.2, 0.25) is 0 Å². The van der Waals surface area contributed by atoms with Crippen LogP contribution in [0.5, 0.6) is 0 Å². The molecule has 0 bridgehead atoms. The number of aliphatic hydroxyl groups excluding tert-OH is 1. The van der Waals surface area contributed by atoms with E-state index in [0.717, 1.165) is 31.0 Å². The minimum Gasteiger partial charge on any atom is -0.497 e. The van der Waals surface area contributed by atoms with E-state index in [0.29, 0.717) is 0 Å². The summed E-state index contributed by atoms with van der Waals surface area (Å²) in [5, 5.41) is 9.24. The standard InChI is InChI=1S/C13H19NO3/c1-3-6-14-8-11(9-15)17-13-7-10(16-2)4-5-12(13)14/h3-4,7,11-12,15H,1,5-6,8-9H2,2H3. The SMILES string of the molecule is C=CCN1CC(CO)OC2=CC(OC)=CCC21. The maximum atomic E-state index is 9.24. The van der Waals surface area contributed by atoms with E-state index in [1.807, 2.05) is 12.2 Å². The number of nitrogens with zero attached hydrogens (tertiary/aromatic N) is 1. The van der Waals surface area contributed by atoms with Crippen LogP contribution in [0.4, 0.5) is 0 Å². The number of rotatable bonds is 4. The number of ether oxygens (including phenoxy) is 2. The van der Waals surface area contributed by atoms with E-state index < -0.39 is 0 Å². The second-order valence-electron chi connectivity index (χ2n) is 4.27. The van der Waals surface area contributed by atoms with Crippen LogP contribution in [0.25, 0.3) is 0 Å². The first-order valence-corrected chi connectivity index (χ1v) is 5.86. The van der Waals surface area contributed by atoms with Gasteiger partial charge in [0.25, 0.3) is 0 Å². The zero-order valence-electron chi connectivity index (χ0n) is 10.1. The minimum absolute atomic E-state index is 0.0315. The van der Waals surface area contributed by atoms with Gasteiger partial charge in [-0.1, -0.05) is 6.08 Å². The summed E-state index contributed by atoms with van der Waals surface area (Å²) in [5.74, 6) is 1.71. The highest BCUT2D eigenvalue weighted by Crippen LogP contribution is 2.29. The molecule has 1 fully saturated rings. The van der Waals surface area contributed by atoms with Crippen molar-refractivity contribution in [2.75, 3.05) is 26.8 Å². The smallest absolute Gasteiger partial charge is 0.134 e. The summed E-state index contributed by atoms with van der Waals surface area (Å²) in [5.41, 5.74) is 0. The van der Waals surface area contributed by atoms with Crippen molar-refractivity contribution in [1.29, 1.82) is 0 Å². The molecule has 4 heteroatoms. The van der Waals surface area contributed by atoms with Gasteiger partial charge in [0, 0.05) is 19.2 Å². The number of hydrogen-bond acceptors (Lipinski definition) is 4. The second-order valence-corrected chi connectivity index (χ2v) is 4.27. The average Bonchev–Trinajstić information content (AvgIpc) is 2.38. The van der Waals surface area contributed by atoms with Crippen molar-refractivity contribution >= 4 is 0 Å². The molecule has 1 aliphatic heterocycles. The van der Waals surface area contributed by atoms with E-state index in [1.54, 1.807) is 7.11 Å². The van der Waals surface area contributed by atoms with Gasteiger partial charge in [-0.05, 0) is 12.5 Å². The molecular formula is C13H19NO3. The fraction of sp³-hybridized carbons (Fsp3) is 0.538. The Hall–Kier alpha value is -1.26. The monoisotopic (exact) mass is 237 g/mol. The lowest BCUT2D eigenvalue weighted by molar-refractivity contribution is -0.0337. The van der Waals surface area contributed by atoms with Crippen LogP contribution in [0, 0.1) is 0 Å². The number of aliphatic hydroxyl groups is 1. The zero-order valence-corrected chi connectivity index (χ0v) is 10.1. The lowest BCUT2D eigenvalue weighted by Gasteiger charge is -2.41. The molecule has 1 heterocycles. The van der Waals surface area contributed by atoms with Gasteiger partial charge in [-0.25, -0.2) is 0 Å². The second kappa shape index (κ2) is 5.38. The third-order valence-electron chi connectivity index (χ3n) is 3.14. The predicted molar refractivity (Wildman–Crippen MR) is 65.3 cm³/mol. The van der Waals surface area contributed by atoms with Gasteiger partial charge >= 0.3 is 0 Å². The summed E-state index contributed by atoms with van der Waals surface area (Å²) >= 11 is 0. The molecule has 4 nitrogen and oxygen atoms in total. The Labute approximate surface area is 102 Å². The molecule has 2 rings (SSSR count). The van der Waals surface area contributed by atoms with Crippen molar-refractivity contribution in [2.24, 2.45) is 0 Å². The van der Waals surface area contributed by atoms with Gasteiger partial charge in [-0.15, -0.1) is 6.58 Å². The van der Waals surface area contributed by atoms with Gasteiger partial charge in [-0.2, -0.15) is 0 Å². The van der Waals surface area contributed by atoms with E-state index in [2.05, 4.69) is 17.6 Å². The van der Waals surface area contributed by atoms with Crippen molar-refractivity contribution in [2.45, 2.75) is 18.6 Å². The maximum absolute atomic E-state index is 9.24. The number of hydrogen-bond donors (Lipinski definition) is 1. The Balaban J connectivity index is 2.17. The Bertz CT molecular complexity index is 349. The summed E-state index contributed by atoms with van der Waals surface area (Å²) in [6, 6.07) is 0.245. The van der Waals surface area contributed by atoms with Crippen molar-refractivity contribution in [3.05, 3.63) is 36.3 Å². The molecule has 17 heavy (non-hydrogen) atoms. The Kier molecular flexibility index (Phi) is 3.86.